The van der Waals surface area contributed by atoms with Gasteiger partial charge in [-0.25, -0.2) is 13.2 Å². The lowest BCUT2D eigenvalue weighted by Gasteiger charge is -2.32. The molecule has 0 aromatic heterocycles. The SMILES string of the molecule is O=C(Cc1cccc(F)c1)NC1CCN(Cc2ccc(F)c(F)c2)CC1. The monoisotopic (exact) mass is 362 g/mol. The van der Waals surface area contributed by atoms with E-state index in [0.717, 1.165) is 37.6 Å². The summed E-state index contributed by atoms with van der Waals surface area (Å²) in [6.07, 6.45) is 1.74. The van der Waals surface area contributed by atoms with E-state index >= 15 is 0 Å². The quantitative estimate of drug-likeness (QED) is 0.884. The lowest BCUT2D eigenvalue weighted by atomic mass is 10.0. The van der Waals surface area contributed by atoms with Crippen molar-refractivity contribution in [1.29, 1.82) is 0 Å². The second-order valence-corrected chi connectivity index (χ2v) is 6.67. The molecule has 1 amide bonds. The first-order valence-corrected chi connectivity index (χ1v) is 8.69. The van der Waals surface area contributed by atoms with Crippen LogP contribution in [-0.4, -0.2) is 29.9 Å². The van der Waals surface area contributed by atoms with Crippen molar-refractivity contribution in [3.8, 4) is 0 Å². The Bertz CT molecular complexity index is 773. The van der Waals surface area contributed by atoms with Gasteiger partial charge in [-0.3, -0.25) is 9.69 Å². The van der Waals surface area contributed by atoms with Gasteiger partial charge in [0.1, 0.15) is 5.82 Å². The van der Waals surface area contributed by atoms with Crippen molar-refractivity contribution in [3.63, 3.8) is 0 Å². The van der Waals surface area contributed by atoms with Gasteiger partial charge in [-0.2, -0.15) is 0 Å². The van der Waals surface area contributed by atoms with Crippen LogP contribution in [0.4, 0.5) is 13.2 Å². The van der Waals surface area contributed by atoms with Gasteiger partial charge in [0.2, 0.25) is 5.91 Å². The van der Waals surface area contributed by atoms with E-state index in [2.05, 4.69) is 10.2 Å². The Kier molecular flexibility index (Phi) is 5.93. The highest BCUT2D eigenvalue weighted by Gasteiger charge is 2.21. The highest BCUT2D eigenvalue weighted by Crippen LogP contribution is 2.16. The smallest absolute Gasteiger partial charge is 0.224 e. The molecule has 0 bridgehead atoms. The van der Waals surface area contributed by atoms with Crippen LogP contribution >= 0.6 is 0 Å². The molecule has 1 aliphatic rings. The third kappa shape index (κ3) is 5.08. The zero-order chi connectivity index (χ0) is 18.5. The van der Waals surface area contributed by atoms with Crippen LogP contribution in [-0.2, 0) is 17.8 Å². The molecule has 138 valence electrons. The van der Waals surface area contributed by atoms with Gasteiger partial charge in [0, 0.05) is 25.7 Å². The third-order valence-corrected chi connectivity index (χ3v) is 4.60. The molecule has 2 aromatic carbocycles. The Morgan fingerprint density at radius 1 is 1.00 bits per heavy atom. The number of carbonyl (C=O) groups excluding carboxylic acids is 1. The second-order valence-electron chi connectivity index (χ2n) is 6.67. The number of benzene rings is 2. The van der Waals surface area contributed by atoms with Crippen LogP contribution in [0, 0.1) is 17.5 Å². The predicted molar refractivity (Wildman–Crippen MR) is 92.9 cm³/mol. The molecule has 0 atom stereocenters. The van der Waals surface area contributed by atoms with Crippen LogP contribution in [0.1, 0.15) is 24.0 Å². The minimum absolute atomic E-state index is 0.0808. The molecule has 0 spiro atoms. The van der Waals surface area contributed by atoms with Crippen LogP contribution in [0.25, 0.3) is 0 Å². The Balaban J connectivity index is 1.44. The first-order chi connectivity index (χ1) is 12.5. The van der Waals surface area contributed by atoms with Gasteiger partial charge < -0.3 is 5.32 Å². The van der Waals surface area contributed by atoms with Gasteiger partial charge in [-0.15, -0.1) is 0 Å². The molecule has 1 fully saturated rings. The molecule has 3 rings (SSSR count). The Morgan fingerprint density at radius 2 is 1.77 bits per heavy atom. The van der Waals surface area contributed by atoms with E-state index in [0.29, 0.717) is 12.1 Å². The number of nitrogens with zero attached hydrogens (tertiary/aromatic N) is 1. The van der Waals surface area contributed by atoms with E-state index in [1.165, 1.54) is 18.2 Å². The summed E-state index contributed by atoms with van der Waals surface area (Å²) < 4.78 is 39.4. The molecule has 0 saturated carbocycles. The third-order valence-electron chi connectivity index (χ3n) is 4.60. The summed E-state index contributed by atoms with van der Waals surface area (Å²) in [4.78, 5) is 14.3. The van der Waals surface area contributed by atoms with Gasteiger partial charge in [-0.05, 0) is 48.2 Å². The zero-order valence-corrected chi connectivity index (χ0v) is 14.4. The van der Waals surface area contributed by atoms with Gasteiger partial charge >= 0.3 is 0 Å². The molecule has 0 aliphatic carbocycles. The molecule has 0 radical (unpaired) electrons. The minimum atomic E-state index is -0.839. The number of amides is 1. The molecular weight excluding hydrogens is 341 g/mol. The topological polar surface area (TPSA) is 32.3 Å². The van der Waals surface area contributed by atoms with Crippen molar-refractivity contribution < 1.29 is 18.0 Å². The Hall–Kier alpha value is -2.34. The summed E-state index contributed by atoms with van der Waals surface area (Å²) in [6.45, 7) is 2.09. The summed E-state index contributed by atoms with van der Waals surface area (Å²) in [5.74, 6) is -2.13. The average Bonchev–Trinajstić information content (AvgIpc) is 2.60. The molecule has 1 aliphatic heterocycles. The normalized spacial score (nSPS) is 15.8. The fourth-order valence-corrected chi connectivity index (χ4v) is 3.24. The molecule has 1 heterocycles. The fraction of sp³-hybridized carbons (Fsp3) is 0.350. The van der Waals surface area contributed by atoms with E-state index in [1.807, 2.05) is 0 Å². The van der Waals surface area contributed by atoms with Crippen molar-refractivity contribution in [3.05, 3.63) is 71.0 Å². The number of halogens is 3. The van der Waals surface area contributed by atoms with Gasteiger partial charge in [-0.1, -0.05) is 18.2 Å². The molecule has 6 heteroatoms. The van der Waals surface area contributed by atoms with E-state index in [-0.39, 0.29) is 24.2 Å². The van der Waals surface area contributed by atoms with Gasteiger partial charge in [0.05, 0.1) is 6.42 Å². The summed E-state index contributed by atoms with van der Waals surface area (Å²) >= 11 is 0. The van der Waals surface area contributed by atoms with Crippen LogP contribution in [0.2, 0.25) is 0 Å². The van der Waals surface area contributed by atoms with Gasteiger partial charge in [0.25, 0.3) is 0 Å². The number of hydrogen-bond donors (Lipinski definition) is 1. The van der Waals surface area contributed by atoms with E-state index in [1.54, 1.807) is 18.2 Å². The van der Waals surface area contributed by atoms with Gasteiger partial charge in [0.15, 0.2) is 11.6 Å². The maximum absolute atomic E-state index is 13.3. The van der Waals surface area contributed by atoms with Crippen LogP contribution in [0.15, 0.2) is 42.5 Å². The van der Waals surface area contributed by atoms with E-state index in [9.17, 15) is 18.0 Å². The standard InChI is InChI=1S/C20H21F3N2O/c21-16-3-1-2-14(10-16)12-20(26)24-17-6-8-25(9-7-17)13-15-4-5-18(22)19(23)11-15/h1-5,10-11,17H,6-9,12-13H2,(H,24,26). The van der Waals surface area contributed by atoms with Crippen molar-refractivity contribution in [2.75, 3.05) is 13.1 Å². The number of nitrogens with one attached hydrogen (secondary N) is 1. The van der Waals surface area contributed by atoms with Crippen molar-refractivity contribution in [2.24, 2.45) is 0 Å². The van der Waals surface area contributed by atoms with Crippen LogP contribution < -0.4 is 5.32 Å². The first-order valence-electron chi connectivity index (χ1n) is 8.69. The molecule has 3 nitrogen and oxygen atoms in total. The fourth-order valence-electron chi connectivity index (χ4n) is 3.24. The molecule has 2 aromatic rings. The largest absolute Gasteiger partial charge is 0.353 e. The maximum Gasteiger partial charge on any atom is 0.224 e. The highest BCUT2D eigenvalue weighted by atomic mass is 19.2. The number of carbonyl (C=O) groups is 1. The number of likely N-dealkylation sites (tertiary alicyclic amines) is 1. The Morgan fingerprint density at radius 3 is 2.46 bits per heavy atom. The summed E-state index contributed by atoms with van der Waals surface area (Å²) in [6, 6.07) is 10.1. The summed E-state index contributed by atoms with van der Waals surface area (Å²) in [5.41, 5.74) is 1.38. The first kappa shape index (κ1) is 18.5. The lowest BCUT2D eigenvalue weighted by Crippen LogP contribution is -2.44. The molecule has 0 unspecified atom stereocenters. The number of piperidine rings is 1. The number of rotatable bonds is 5. The highest BCUT2D eigenvalue weighted by molar-refractivity contribution is 5.78. The average molecular weight is 362 g/mol. The summed E-state index contributed by atoms with van der Waals surface area (Å²) in [5, 5.41) is 2.99. The zero-order valence-electron chi connectivity index (χ0n) is 14.4. The lowest BCUT2D eigenvalue weighted by molar-refractivity contribution is -0.121. The van der Waals surface area contributed by atoms with Crippen molar-refractivity contribution in [2.45, 2.75) is 31.8 Å². The van der Waals surface area contributed by atoms with E-state index < -0.39 is 11.6 Å². The minimum Gasteiger partial charge on any atom is -0.353 e. The molecule has 26 heavy (non-hydrogen) atoms. The van der Waals surface area contributed by atoms with Crippen molar-refractivity contribution in [1.82, 2.24) is 10.2 Å². The van der Waals surface area contributed by atoms with Crippen LogP contribution in [0.3, 0.4) is 0 Å². The second kappa shape index (κ2) is 8.36. The Labute approximate surface area is 150 Å². The number of hydrogen-bond acceptors (Lipinski definition) is 2. The molecule has 1 N–H and O–H groups in total. The molecule has 1 saturated heterocycles. The van der Waals surface area contributed by atoms with Crippen LogP contribution in [0.5, 0.6) is 0 Å². The van der Waals surface area contributed by atoms with Crippen molar-refractivity contribution >= 4 is 5.91 Å². The predicted octanol–water partition coefficient (Wildman–Crippen LogP) is 3.43. The maximum atomic E-state index is 13.3. The summed E-state index contributed by atoms with van der Waals surface area (Å²) in [7, 11) is 0. The van der Waals surface area contributed by atoms with E-state index in [4.69, 9.17) is 0 Å². The molecular formula is C20H21F3N2O.